The average molecular weight is 329 g/mol. The van der Waals surface area contributed by atoms with Gasteiger partial charge >= 0.3 is 0 Å². The lowest BCUT2D eigenvalue weighted by atomic mass is 10.0. The number of nitrogens with zero attached hydrogens (tertiary/aromatic N) is 2. The van der Waals surface area contributed by atoms with Crippen LogP contribution < -0.4 is 15.6 Å². The Morgan fingerprint density at radius 1 is 1.42 bits per heavy atom. The molecule has 0 spiro atoms. The normalized spacial score (nSPS) is 19.9. The molecule has 1 aliphatic rings. The number of nitrogens with one attached hydrogen (secondary N) is 1. The van der Waals surface area contributed by atoms with E-state index in [0.717, 1.165) is 5.56 Å². The van der Waals surface area contributed by atoms with Gasteiger partial charge in [0, 0.05) is 36.7 Å². The van der Waals surface area contributed by atoms with E-state index in [9.17, 15) is 9.59 Å². The smallest absolute Gasteiger partial charge is 0.250 e. The molecule has 3 rings (SSSR count). The van der Waals surface area contributed by atoms with E-state index in [1.54, 1.807) is 37.7 Å². The number of aromatic nitrogens is 2. The SMILES string of the molecule is COc1ccc([C@H]2OCC[C@@H]2NC(=O)Cn2ccccc2=O)cn1. The molecule has 0 aromatic carbocycles. The number of pyridine rings is 2. The van der Waals surface area contributed by atoms with Crippen LogP contribution in [0.15, 0.2) is 47.5 Å². The van der Waals surface area contributed by atoms with Crippen LogP contribution in [0.25, 0.3) is 0 Å². The molecule has 1 amide bonds. The van der Waals surface area contributed by atoms with Crippen molar-refractivity contribution >= 4 is 5.91 Å². The number of carbonyl (C=O) groups excluding carboxylic acids is 1. The van der Waals surface area contributed by atoms with Crippen molar-refractivity contribution in [2.24, 2.45) is 0 Å². The first-order chi connectivity index (χ1) is 11.7. The second kappa shape index (κ2) is 7.27. The van der Waals surface area contributed by atoms with Crippen molar-refractivity contribution in [2.75, 3.05) is 13.7 Å². The molecule has 0 unspecified atom stereocenters. The fourth-order valence-electron chi connectivity index (χ4n) is 2.75. The Balaban J connectivity index is 1.66. The maximum atomic E-state index is 12.2. The van der Waals surface area contributed by atoms with Crippen LogP contribution >= 0.6 is 0 Å². The molecule has 1 N–H and O–H groups in total. The van der Waals surface area contributed by atoms with Gasteiger partial charge in [-0.3, -0.25) is 9.59 Å². The van der Waals surface area contributed by atoms with Crippen LogP contribution in [0, 0.1) is 0 Å². The number of hydrogen-bond acceptors (Lipinski definition) is 5. The minimum absolute atomic E-state index is 0.0102. The highest BCUT2D eigenvalue weighted by atomic mass is 16.5. The maximum absolute atomic E-state index is 12.2. The second-order valence-corrected chi connectivity index (χ2v) is 5.55. The van der Waals surface area contributed by atoms with Crippen LogP contribution in [0.4, 0.5) is 0 Å². The molecule has 2 aromatic heterocycles. The van der Waals surface area contributed by atoms with Crippen molar-refractivity contribution in [1.29, 1.82) is 0 Å². The van der Waals surface area contributed by atoms with E-state index in [2.05, 4.69) is 10.3 Å². The average Bonchev–Trinajstić information content (AvgIpc) is 3.05. The zero-order chi connectivity index (χ0) is 16.9. The highest BCUT2D eigenvalue weighted by Gasteiger charge is 2.31. The lowest BCUT2D eigenvalue weighted by Crippen LogP contribution is -2.40. The Bertz CT molecular complexity index is 757. The molecular formula is C17H19N3O4. The van der Waals surface area contributed by atoms with E-state index in [4.69, 9.17) is 9.47 Å². The molecule has 1 saturated heterocycles. The van der Waals surface area contributed by atoms with Crippen LogP contribution in [-0.4, -0.2) is 35.2 Å². The molecule has 7 nitrogen and oxygen atoms in total. The summed E-state index contributed by atoms with van der Waals surface area (Å²) >= 11 is 0. The Kier molecular flexibility index (Phi) is 4.90. The Hall–Kier alpha value is -2.67. The highest BCUT2D eigenvalue weighted by Crippen LogP contribution is 2.29. The van der Waals surface area contributed by atoms with Gasteiger partial charge < -0.3 is 19.4 Å². The van der Waals surface area contributed by atoms with E-state index < -0.39 is 0 Å². The third-order valence-electron chi connectivity index (χ3n) is 3.95. The summed E-state index contributed by atoms with van der Waals surface area (Å²) in [5.74, 6) is 0.311. The van der Waals surface area contributed by atoms with E-state index in [0.29, 0.717) is 18.9 Å². The zero-order valence-corrected chi connectivity index (χ0v) is 13.3. The molecule has 1 aliphatic heterocycles. The molecule has 126 valence electrons. The maximum Gasteiger partial charge on any atom is 0.250 e. The molecular weight excluding hydrogens is 310 g/mol. The highest BCUT2D eigenvalue weighted by molar-refractivity contribution is 5.76. The van der Waals surface area contributed by atoms with E-state index in [1.807, 2.05) is 6.07 Å². The quantitative estimate of drug-likeness (QED) is 0.881. The molecule has 2 aromatic rings. The molecule has 7 heteroatoms. The van der Waals surface area contributed by atoms with Crippen molar-refractivity contribution in [3.8, 4) is 5.88 Å². The Labute approximate surface area is 139 Å². The van der Waals surface area contributed by atoms with Gasteiger partial charge in [0.2, 0.25) is 11.8 Å². The van der Waals surface area contributed by atoms with Gasteiger partial charge in [0.05, 0.1) is 13.2 Å². The first-order valence-electron chi connectivity index (χ1n) is 7.74. The van der Waals surface area contributed by atoms with Gasteiger partial charge in [-0.2, -0.15) is 0 Å². The van der Waals surface area contributed by atoms with Crippen LogP contribution in [0.1, 0.15) is 18.1 Å². The first-order valence-corrected chi connectivity index (χ1v) is 7.74. The predicted octanol–water partition coefficient (Wildman–Crippen LogP) is 0.898. The van der Waals surface area contributed by atoms with E-state index >= 15 is 0 Å². The zero-order valence-electron chi connectivity index (χ0n) is 13.3. The molecule has 1 fully saturated rings. The summed E-state index contributed by atoms with van der Waals surface area (Å²) in [5.41, 5.74) is 0.682. The Morgan fingerprint density at radius 3 is 3.00 bits per heavy atom. The molecule has 0 radical (unpaired) electrons. The lowest BCUT2D eigenvalue weighted by molar-refractivity contribution is -0.122. The molecule has 2 atom stereocenters. The van der Waals surface area contributed by atoms with Gasteiger partial charge in [-0.15, -0.1) is 0 Å². The third-order valence-corrected chi connectivity index (χ3v) is 3.95. The summed E-state index contributed by atoms with van der Waals surface area (Å²) < 4.78 is 12.2. The Morgan fingerprint density at radius 2 is 2.29 bits per heavy atom. The summed E-state index contributed by atoms with van der Waals surface area (Å²) in [6.07, 6.45) is 3.75. The summed E-state index contributed by atoms with van der Waals surface area (Å²) in [4.78, 5) is 28.1. The van der Waals surface area contributed by atoms with Gasteiger partial charge in [-0.1, -0.05) is 6.07 Å². The standard InChI is InChI=1S/C17H19N3O4/c1-23-15-6-5-12(10-18-15)17-13(7-9-24-17)19-14(21)11-20-8-3-2-4-16(20)22/h2-6,8,10,13,17H,7,9,11H2,1H3,(H,19,21)/t13-,17+/m0/s1. The van der Waals surface area contributed by atoms with E-state index in [1.165, 1.54) is 10.6 Å². The predicted molar refractivity (Wildman–Crippen MR) is 86.7 cm³/mol. The van der Waals surface area contributed by atoms with Gasteiger partial charge in [0.1, 0.15) is 12.6 Å². The molecule has 0 aliphatic carbocycles. The molecule has 0 bridgehead atoms. The van der Waals surface area contributed by atoms with Crippen LogP contribution in [0.3, 0.4) is 0 Å². The van der Waals surface area contributed by atoms with Crippen LogP contribution in [-0.2, 0) is 16.1 Å². The summed E-state index contributed by atoms with van der Waals surface area (Å²) in [5, 5.41) is 2.95. The number of ether oxygens (including phenoxy) is 2. The topological polar surface area (TPSA) is 82.5 Å². The summed E-state index contributed by atoms with van der Waals surface area (Å²) in [6, 6.07) is 8.29. The van der Waals surface area contributed by atoms with Crippen molar-refractivity contribution in [1.82, 2.24) is 14.9 Å². The number of carbonyl (C=O) groups is 1. The van der Waals surface area contributed by atoms with E-state index in [-0.39, 0.29) is 30.2 Å². The molecule has 24 heavy (non-hydrogen) atoms. The van der Waals surface area contributed by atoms with Crippen LogP contribution in [0.5, 0.6) is 5.88 Å². The van der Waals surface area contributed by atoms with Gasteiger partial charge in [0.15, 0.2) is 0 Å². The fourth-order valence-corrected chi connectivity index (χ4v) is 2.75. The van der Waals surface area contributed by atoms with Gasteiger partial charge in [0.25, 0.3) is 5.56 Å². The first kappa shape index (κ1) is 16.2. The number of hydrogen-bond donors (Lipinski definition) is 1. The van der Waals surface area contributed by atoms with Crippen molar-refractivity contribution in [3.63, 3.8) is 0 Å². The summed E-state index contributed by atoms with van der Waals surface area (Å²) in [6.45, 7) is 0.552. The van der Waals surface area contributed by atoms with Crippen molar-refractivity contribution < 1.29 is 14.3 Å². The van der Waals surface area contributed by atoms with Crippen molar-refractivity contribution in [3.05, 3.63) is 58.6 Å². The molecule has 0 saturated carbocycles. The lowest BCUT2D eigenvalue weighted by Gasteiger charge is -2.20. The van der Waals surface area contributed by atoms with Gasteiger partial charge in [-0.25, -0.2) is 4.98 Å². The number of amides is 1. The largest absolute Gasteiger partial charge is 0.481 e. The third kappa shape index (κ3) is 3.62. The number of rotatable bonds is 5. The van der Waals surface area contributed by atoms with Crippen molar-refractivity contribution in [2.45, 2.75) is 25.1 Å². The minimum atomic E-state index is -0.250. The van der Waals surface area contributed by atoms with Gasteiger partial charge in [-0.05, 0) is 18.6 Å². The van der Waals surface area contributed by atoms with Crippen LogP contribution in [0.2, 0.25) is 0 Å². The summed E-state index contributed by atoms with van der Waals surface area (Å²) in [7, 11) is 1.56. The second-order valence-electron chi connectivity index (χ2n) is 5.55. The molecule has 3 heterocycles. The minimum Gasteiger partial charge on any atom is -0.481 e. The fraction of sp³-hybridized carbons (Fsp3) is 0.353. The number of methoxy groups -OCH3 is 1. The monoisotopic (exact) mass is 329 g/mol.